The highest BCUT2D eigenvalue weighted by atomic mass is 32.2. The van der Waals surface area contributed by atoms with Crippen molar-refractivity contribution in [2.75, 3.05) is 7.11 Å². The van der Waals surface area contributed by atoms with Crippen molar-refractivity contribution in [1.82, 2.24) is 0 Å². The highest BCUT2D eigenvalue weighted by Crippen LogP contribution is 2.20. The van der Waals surface area contributed by atoms with Gasteiger partial charge in [0.05, 0.1) is 34.1 Å². The second-order valence-electron chi connectivity index (χ2n) is 4.89. The SMILES string of the molecule is CC.COC(=O)c1ccc(S(=O)Cc2ccc([N+](=O)[O-])cc2)c(C)c1. The number of hydrogen-bond acceptors (Lipinski definition) is 5. The fourth-order valence-corrected chi connectivity index (χ4v) is 3.38. The summed E-state index contributed by atoms with van der Waals surface area (Å²) in [5, 5.41) is 10.6. The molecule has 0 aliphatic carbocycles. The van der Waals surface area contributed by atoms with E-state index in [-0.39, 0.29) is 11.4 Å². The Morgan fingerprint density at radius 3 is 2.24 bits per heavy atom. The number of methoxy groups -OCH3 is 1. The van der Waals surface area contributed by atoms with Crippen LogP contribution in [0.4, 0.5) is 5.69 Å². The Labute approximate surface area is 149 Å². The zero-order valence-electron chi connectivity index (χ0n) is 14.6. The molecule has 0 saturated heterocycles. The molecular formula is C18H21NO5S. The van der Waals surface area contributed by atoms with Gasteiger partial charge in [-0.1, -0.05) is 26.0 Å². The number of nitro groups is 1. The van der Waals surface area contributed by atoms with Crippen LogP contribution in [0.1, 0.15) is 35.3 Å². The predicted molar refractivity (Wildman–Crippen MR) is 97.1 cm³/mol. The van der Waals surface area contributed by atoms with Gasteiger partial charge in [-0.15, -0.1) is 0 Å². The first-order chi connectivity index (χ1) is 11.9. The van der Waals surface area contributed by atoms with Crippen LogP contribution in [0.5, 0.6) is 0 Å². The summed E-state index contributed by atoms with van der Waals surface area (Å²) >= 11 is 0. The number of nitro benzene ring substituents is 1. The second kappa shape index (κ2) is 9.68. The van der Waals surface area contributed by atoms with Gasteiger partial charge in [-0.3, -0.25) is 14.3 Å². The fraction of sp³-hybridized carbons (Fsp3) is 0.278. The van der Waals surface area contributed by atoms with Gasteiger partial charge in [0.1, 0.15) is 0 Å². The minimum absolute atomic E-state index is 0.00172. The van der Waals surface area contributed by atoms with Gasteiger partial charge in [-0.2, -0.15) is 0 Å². The van der Waals surface area contributed by atoms with Gasteiger partial charge in [0.25, 0.3) is 5.69 Å². The summed E-state index contributed by atoms with van der Waals surface area (Å²) in [5.74, 6) is -0.197. The van der Waals surface area contributed by atoms with Gasteiger partial charge >= 0.3 is 5.97 Å². The lowest BCUT2D eigenvalue weighted by Crippen LogP contribution is -2.04. The molecule has 0 heterocycles. The maximum Gasteiger partial charge on any atom is 0.337 e. The molecule has 7 heteroatoms. The molecule has 2 aromatic carbocycles. The summed E-state index contributed by atoms with van der Waals surface area (Å²) in [6.07, 6.45) is 0. The van der Waals surface area contributed by atoms with Crippen molar-refractivity contribution >= 4 is 22.5 Å². The lowest BCUT2D eigenvalue weighted by Gasteiger charge is -2.08. The van der Waals surface area contributed by atoms with Crippen molar-refractivity contribution in [1.29, 1.82) is 0 Å². The monoisotopic (exact) mass is 363 g/mol. The minimum atomic E-state index is -1.31. The van der Waals surface area contributed by atoms with Crippen molar-refractivity contribution in [2.24, 2.45) is 0 Å². The number of carbonyl (C=O) groups is 1. The van der Waals surface area contributed by atoms with Crippen LogP contribution in [0, 0.1) is 17.0 Å². The fourth-order valence-electron chi connectivity index (χ4n) is 2.09. The van der Waals surface area contributed by atoms with Crippen LogP contribution >= 0.6 is 0 Å². The molecule has 0 aromatic heterocycles. The van der Waals surface area contributed by atoms with E-state index in [2.05, 4.69) is 4.74 Å². The number of esters is 1. The average molecular weight is 363 g/mol. The number of nitrogens with zero attached hydrogens (tertiary/aromatic N) is 1. The summed E-state index contributed by atoms with van der Waals surface area (Å²) < 4.78 is 17.1. The molecule has 0 aliphatic rings. The molecule has 0 spiro atoms. The predicted octanol–water partition coefficient (Wildman–Crippen LogP) is 4.02. The third-order valence-electron chi connectivity index (χ3n) is 3.29. The molecule has 0 amide bonds. The molecule has 0 radical (unpaired) electrons. The molecule has 2 rings (SSSR count). The van der Waals surface area contributed by atoms with Crippen molar-refractivity contribution < 1.29 is 18.7 Å². The number of carbonyl (C=O) groups excluding carboxylic acids is 1. The molecule has 0 saturated carbocycles. The number of aryl methyl sites for hydroxylation is 1. The van der Waals surface area contributed by atoms with Crippen LogP contribution in [0.15, 0.2) is 47.4 Å². The summed E-state index contributed by atoms with van der Waals surface area (Å²) in [6, 6.07) is 10.8. The zero-order chi connectivity index (χ0) is 19.0. The molecule has 0 N–H and O–H groups in total. The maximum atomic E-state index is 12.5. The number of ether oxygens (including phenoxy) is 1. The van der Waals surface area contributed by atoms with Gasteiger partial charge in [0.15, 0.2) is 0 Å². The summed E-state index contributed by atoms with van der Waals surface area (Å²) in [5.41, 5.74) is 1.87. The molecule has 134 valence electrons. The highest BCUT2D eigenvalue weighted by molar-refractivity contribution is 7.84. The van der Waals surface area contributed by atoms with E-state index >= 15 is 0 Å². The van der Waals surface area contributed by atoms with Crippen molar-refractivity contribution in [2.45, 2.75) is 31.4 Å². The molecular weight excluding hydrogens is 342 g/mol. The van der Waals surface area contributed by atoms with Crippen molar-refractivity contribution in [3.05, 3.63) is 69.3 Å². The Morgan fingerprint density at radius 1 is 1.16 bits per heavy atom. The molecule has 1 unspecified atom stereocenters. The Balaban J connectivity index is 0.00000151. The van der Waals surface area contributed by atoms with Crippen LogP contribution in [-0.4, -0.2) is 22.2 Å². The third kappa shape index (κ3) is 5.49. The Hall–Kier alpha value is -2.54. The summed E-state index contributed by atoms with van der Waals surface area (Å²) in [6.45, 7) is 5.77. The van der Waals surface area contributed by atoms with Crippen molar-refractivity contribution in [3.8, 4) is 0 Å². The third-order valence-corrected chi connectivity index (χ3v) is 4.83. The number of rotatable bonds is 5. The van der Waals surface area contributed by atoms with E-state index in [1.54, 1.807) is 37.3 Å². The van der Waals surface area contributed by atoms with E-state index in [4.69, 9.17) is 0 Å². The van der Waals surface area contributed by atoms with Crippen LogP contribution < -0.4 is 0 Å². The standard InChI is InChI=1S/C16H15NO5S.C2H6/c1-11-9-13(16(18)22-2)5-8-15(11)23(21)10-12-3-6-14(7-4-12)17(19)20;1-2/h3-9H,10H2,1-2H3;1-2H3. The minimum Gasteiger partial charge on any atom is -0.465 e. The molecule has 0 bridgehead atoms. The van der Waals surface area contributed by atoms with E-state index in [1.807, 2.05) is 13.8 Å². The first-order valence-electron chi connectivity index (χ1n) is 7.73. The summed E-state index contributed by atoms with van der Waals surface area (Å²) in [4.78, 5) is 22.2. The van der Waals surface area contributed by atoms with E-state index in [0.717, 1.165) is 11.1 Å². The first-order valence-corrected chi connectivity index (χ1v) is 9.05. The van der Waals surface area contributed by atoms with E-state index in [0.29, 0.717) is 10.5 Å². The van der Waals surface area contributed by atoms with Gasteiger partial charge in [-0.25, -0.2) is 4.79 Å². The van der Waals surface area contributed by atoms with Crippen LogP contribution in [0.3, 0.4) is 0 Å². The van der Waals surface area contributed by atoms with Crippen LogP contribution in [-0.2, 0) is 21.3 Å². The van der Waals surface area contributed by atoms with Crippen LogP contribution in [0.2, 0.25) is 0 Å². The van der Waals surface area contributed by atoms with Gasteiger partial charge in [0.2, 0.25) is 0 Å². The lowest BCUT2D eigenvalue weighted by molar-refractivity contribution is -0.384. The van der Waals surface area contributed by atoms with Gasteiger partial charge in [0, 0.05) is 17.0 Å². The number of benzene rings is 2. The second-order valence-corrected chi connectivity index (χ2v) is 6.30. The largest absolute Gasteiger partial charge is 0.465 e. The van der Waals surface area contributed by atoms with E-state index in [1.165, 1.54) is 19.2 Å². The van der Waals surface area contributed by atoms with E-state index in [9.17, 15) is 19.1 Å². The van der Waals surface area contributed by atoms with Gasteiger partial charge in [-0.05, 0) is 36.2 Å². The Kier molecular flexibility index (Phi) is 7.94. The Bertz CT molecular complexity index is 772. The number of hydrogen-bond donors (Lipinski definition) is 0. The quantitative estimate of drug-likeness (QED) is 0.455. The highest BCUT2D eigenvalue weighted by Gasteiger charge is 2.13. The smallest absolute Gasteiger partial charge is 0.337 e. The normalized spacial score (nSPS) is 11.0. The molecule has 0 aliphatic heterocycles. The molecule has 6 nitrogen and oxygen atoms in total. The zero-order valence-corrected chi connectivity index (χ0v) is 15.5. The van der Waals surface area contributed by atoms with E-state index < -0.39 is 21.7 Å². The Morgan fingerprint density at radius 2 is 1.76 bits per heavy atom. The lowest BCUT2D eigenvalue weighted by atomic mass is 10.1. The molecule has 2 aromatic rings. The van der Waals surface area contributed by atoms with Crippen molar-refractivity contribution in [3.63, 3.8) is 0 Å². The molecule has 1 atom stereocenters. The average Bonchev–Trinajstić information content (AvgIpc) is 2.62. The summed E-state index contributed by atoms with van der Waals surface area (Å²) in [7, 11) is -0.00480. The molecule has 0 fully saturated rings. The number of non-ortho nitro benzene ring substituents is 1. The van der Waals surface area contributed by atoms with Gasteiger partial charge < -0.3 is 4.74 Å². The first kappa shape index (κ1) is 20.5. The maximum absolute atomic E-state index is 12.5. The topological polar surface area (TPSA) is 86.5 Å². The molecule has 25 heavy (non-hydrogen) atoms. The van der Waals surface area contributed by atoms with Crippen LogP contribution in [0.25, 0.3) is 0 Å².